The zero-order chi connectivity index (χ0) is 23.0. The van der Waals surface area contributed by atoms with E-state index in [0.717, 1.165) is 16.3 Å². The van der Waals surface area contributed by atoms with Crippen molar-refractivity contribution in [1.29, 1.82) is 0 Å². The van der Waals surface area contributed by atoms with Crippen molar-refractivity contribution >= 4 is 34.6 Å². The Hall–Kier alpha value is -3.62. The lowest BCUT2D eigenvalue weighted by atomic mass is 10.0. The summed E-state index contributed by atoms with van der Waals surface area (Å²) in [4.78, 5) is 52.2. The number of hydrogen-bond acceptors (Lipinski definition) is 6. The third-order valence-corrected chi connectivity index (χ3v) is 4.15. The van der Waals surface area contributed by atoms with E-state index in [1.165, 1.54) is 0 Å². The monoisotopic (exact) mass is 429 g/mol. The summed E-state index contributed by atoms with van der Waals surface area (Å²) in [6.45, 7) is 4.93. The molecule has 9 heteroatoms. The molecule has 0 saturated heterocycles. The molecule has 0 aliphatic heterocycles. The largest absolute Gasteiger partial charge is 0.444 e. The van der Waals surface area contributed by atoms with E-state index >= 15 is 0 Å². The molecule has 3 amide bonds. The molecule has 2 aromatic carbocycles. The number of nitrogens with two attached hydrogens (primary N) is 1. The zero-order valence-electron chi connectivity index (χ0n) is 17.8. The molecule has 166 valence electrons. The van der Waals surface area contributed by atoms with E-state index < -0.39 is 41.9 Å². The van der Waals surface area contributed by atoms with Gasteiger partial charge in [0.1, 0.15) is 11.6 Å². The van der Waals surface area contributed by atoms with E-state index in [2.05, 4.69) is 5.32 Å². The molecule has 1 atom stereocenters. The lowest BCUT2D eigenvalue weighted by molar-refractivity contribution is -0.160. The van der Waals surface area contributed by atoms with Crippen molar-refractivity contribution < 1.29 is 28.8 Å². The molecular formula is C22H27N3O6. The van der Waals surface area contributed by atoms with Gasteiger partial charge in [-0.1, -0.05) is 42.5 Å². The van der Waals surface area contributed by atoms with Gasteiger partial charge in [-0.25, -0.2) is 9.59 Å². The second kappa shape index (κ2) is 10.4. The molecule has 2 rings (SSSR count). The Morgan fingerprint density at radius 3 is 2.39 bits per heavy atom. The van der Waals surface area contributed by atoms with E-state index in [1.54, 1.807) is 20.8 Å². The lowest BCUT2D eigenvalue weighted by Gasteiger charge is -2.22. The minimum atomic E-state index is -1.40. The number of rotatable bonds is 7. The van der Waals surface area contributed by atoms with Crippen molar-refractivity contribution in [2.45, 2.75) is 51.7 Å². The molecule has 0 bridgehead atoms. The average molecular weight is 429 g/mol. The van der Waals surface area contributed by atoms with Crippen LogP contribution in [0.3, 0.4) is 0 Å². The van der Waals surface area contributed by atoms with Crippen LogP contribution < -0.4 is 16.5 Å². The highest BCUT2D eigenvalue weighted by atomic mass is 16.7. The first-order chi connectivity index (χ1) is 14.5. The minimum absolute atomic E-state index is 0.0707. The first kappa shape index (κ1) is 23.7. The maximum atomic E-state index is 12.2. The molecule has 0 fully saturated rings. The number of alkyl carbamates (subject to hydrolysis) is 1. The SMILES string of the molecule is CC(C)(C)OC(=O)N[C@@H](CC(N)=O)C(=O)ONC(=O)CCc1cccc2ccccc12. The van der Waals surface area contributed by atoms with Crippen molar-refractivity contribution in [3.8, 4) is 0 Å². The Balaban J connectivity index is 1.89. The molecule has 0 aromatic heterocycles. The standard InChI is InChI=1S/C22H27N3O6/c1-22(2,3)30-21(29)24-17(13-18(23)26)20(28)31-25-19(27)12-11-15-9-6-8-14-7-4-5-10-16(14)15/h4-10,17H,11-13H2,1-3H3,(H2,23,26)(H,24,29)(H,25,27)/t17-/m0/s1. The van der Waals surface area contributed by atoms with Gasteiger partial charge >= 0.3 is 12.1 Å². The molecule has 0 radical (unpaired) electrons. The van der Waals surface area contributed by atoms with Gasteiger partial charge in [-0.15, -0.1) is 0 Å². The summed E-state index contributed by atoms with van der Waals surface area (Å²) in [6.07, 6.45) is -0.922. The van der Waals surface area contributed by atoms with Crippen LogP contribution in [0.15, 0.2) is 42.5 Å². The number of hydroxylamine groups is 1. The minimum Gasteiger partial charge on any atom is -0.444 e. The Morgan fingerprint density at radius 1 is 1.03 bits per heavy atom. The van der Waals surface area contributed by atoms with Crippen LogP contribution in [0.25, 0.3) is 10.8 Å². The molecule has 0 spiro atoms. The van der Waals surface area contributed by atoms with Crippen LogP contribution in [0.5, 0.6) is 0 Å². The van der Waals surface area contributed by atoms with Gasteiger partial charge in [0, 0.05) is 6.42 Å². The van der Waals surface area contributed by atoms with Crippen molar-refractivity contribution in [3.63, 3.8) is 0 Å². The quantitative estimate of drug-likeness (QED) is 0.577. The highest BCUT2D eigenvalue weighted by Gasteiger charge is 2.28. The van der Waals surface area contributed by atoms with Crippen LogP contribution in [-0.4, -0.2) is 35.5 Å². The fraction of sp³-hybridized carbons (Fsp3) is 0.364. The molecule has 2 aromatic rings. The van der Waals surface area contributed by atoms with Crippen molar-refractivity contribution in [2.75, 3.05) is 0 Å². The van der Waals surface area contributed by atoms with Gasteiger partial charge in [-0.3, -0.25) is 9.59 Å². The van der Waals surface area contributed by atoms with E-state index in [9.17, 15) is 19.2 Å². The molecule has 0 unspecified atom stereocenters. The molecule has 0 aliphatic carbocycles. The fourth-order valence-corrected chi connectivity index (χ4v) is 2.83. The number of carbonyl (C=O) groups is 4. The van der Waals surface area contributed by atoms with E-state index in [4.69, 9.17) is 15.3 Å². The second-order valence-corrected chi connectivity index (χ2v) is 7.95. The van der Waals surface area contributed by atoms with Crippen molar-refractivity contribution in [1.82, 2.24) is 10.8 Å². The highest BCUT2D eigenvalue weighted by Crippen LogP contribution is 2.19. The number of fused-ring (bicyclic) bond motifs is 1. The molecule has 0 saturated carbocycles. The fourth-order valence-electron chi connectivity index (χ4n) is 2.83. The molecule has 0 heterocycles. The number of amides is 3. The number of primary amides is 1. The second-order valence-electron chi connectivity index (χ2n) is 7.95. The van der Waals surface area contributed by atoms with Crippen LogP contribution in [0.4, 0.5) is 4.79 Å². The summed E-state index contributed by atoms with van der Waals surface area (Å²) in [5, 5.41) is 4.32. The van der Waals surface area contributed by atoms with Gasteiger partial charge in [-0.05, 0) is 43.5 Å². The van der Waals surface area contributed by atoms with Gasteiger partial charge in [-0.2, -0.15) is 5.48 Å². The van der Waals surface area contributed by atoms with Gasteiger partial charge in [0.2, 0.25) is 5.91 Å². The molecule has 4 N–H and O–H groups in total. The zero-order valence-corrected chi connectivity index (χ0v) is 17.8. The van der Waals surface area contributed by atoms with Gasteiger partial charge in [0.05, 0.1) is 6.42 Å². The average Bonchev–Trinajstić information content (AvgIpc) is 2.68. The van der Waals surface area contributed by atoms with Crippen LogP contribution >= 0.6 is 0 Å². The molecule has 9 nitrogen and oxygen atoms in total. The first-order valence-corrected chi connectivity index (χ1v) is 9.79. The third-order valence-electron chi connectivity index (χ3n) is 4.15. The summed E-state index contributed by atoms with van der Waals surface area (Å²) in [6, 6.07) is 12.2. The summed E-state index contributed by atoms with van der Waals surface area (Å²) in [5.41, 5.74) is 7.34. The molecular weight excluding hydrogens is 402 g/mol. The molecule has 31 heavy (non-hydrogen) atoms. The lowest BCUT2D eigenvalue weighted by Crippen LogP contribution is -2.47. The smallest absolute Gasteiger partial charge is 0.408 e. The highest BCUT2D eigenvalue weighted by molar-refractivity contribution is 5.89. The number of aryl methyl sites for hydroxylation is 1. The maximum absolute atomic E-state index is 12.2. The Kier molecular flexibility index (Phi) is 7.95. The Bertz CT molecular complexity index is 962. The predicted octanol–water partition coefficient (Wildman–Crippen LogP) is 2.12. The number of ether oxygens (including phenoxy) is 1. The Labute approximate surface area is 180 Å². The predicted molar refractivity (Wildman–Crippen MR) is 113 cm³/mol. The summed E-state index contributed by atoms with van der Waals surface area (Å²) >= 11 is 0. The van der Waals surface area contributed by atoms with Gasteiger partial charge < -0.3 is 20.6 Å². The van der Waals surface area contributed by atoms with Crippen molar-refractivity contribution in [3.05, 3.63) is 48.0 Å². The normalized spacial score (nSPS) is 12.0. The van der Waals surface area contributed by atoms with E-state index in [1.807, 2.05) is 47.9 Å². The number of nitrogens with one attached hydrogen (secondary N) is 2. The van der Waals surface area contributed by atoms with Crippen LogP contribution in [-0.2, 0) is 30.4 Å². The van der Waals surface area contributed by atoms with Crippen molar-refractivity contribution in [2.24, 2.45) is 5.73 Å². The molecule has 0 aliphatic rings. The number of hydrogen-bond donors (Lipinski definition) is 3. The van der Waals surface area contributed by atoms with Gasteiger partial charge in [0.15, 0.2) is 0 Å². The summed E-state index contributed by atoms with van der Waals surface area (Å²) < 4.78 is 5.05. The first-order valence-electron chi connectivity index (χ1n) is 9.79. The van der Waals surface area contributed by atoms with E-state index in [0.29, 0.717) is 6.42 Å². The van der Waals surface area contributed by atoms with Crippen LogP contribution in [0, 0.1) is 0 Å². The summed E-state index contributed by atoms with van der Waals surface area (Å²) in [7, 11) is 0. The summed E-state index contributed by atoms with van der Waals surface area (Å²) in [5.74, 6) is -2.40. The van der Waals surface area contributed by atoms with Crippen LogP contribution in [0.2, 0.25) is 0 Å². The van der Waals surface area contributed by atoms with Gasteiger partial charge in [0.25, 0.3) is 5.91 Å². The Morgan fingerprint density at radius 2 is 1.71 bits per heavy atom. The number of carbonyl (C=O) groups excluding carboxylic acids is 4. The van der Waals surface area contributed by atoms with E-state index in [-0.39, 0.29) is 6.42 Å². The third kappa shape index (κ3) is 7.96. The number of benzene rings is 2. The topological polar surface area (TPSA) is 137 Å². The van der Waals surface area contributed by atoms with Crippen LogP contribution in [0.1, 0.15) is 39.2 Å². The maximum Gasteiger partial charge on any atom is 0.408 e.